The third-order valence-corrected chi connectivity index (χ3v) is 7.79. The molecule has 0 saturated carbocycles. The van der Waals surface area contributed by atoms with Crippen LogP contribution in [0.25, 0.3) is 0 Å². The molecule has 196 valence electrons. The number of hydrogen-bond acceptors (Lipinski definition) is 10. The van der Waals surface area contributed by atoms with Crippen LogP contribution in [0.1, 0.15) is 87.2 Å². The SMILES string of the molecule is CC1CCCCN1.CCOC(=O)c1csc(Br)n1.CCOC(=O)c1csc(N2CCCCC2C)n1. The van der Waals surface area contributed by atoms with Crippen molar-refractivity contribution < 1.29 is 19.1 Å². The van der Waals surface area contributed by atoms with Gasteiger partial charge in [-0.25, -0.2) is 19.6 Å². The van der Waals surface area contributed by atoms with Crippen LogP contribution in [-0.4, -0.2) is 60.3 Å². The van der Waals surface area contributed by atoms with E-state index in [0.717, 1.165) is 17.7 Å². The molecule has 2 aromatic heterocycles. The summed E-state index contributed by atoms with van der Waals surface area (Å²) in [6.45, 7) is 11.1. The molecule has 0 aliphatic carbocycles. The summed E-state index contributed by atoms with van der Waals surface area (Å²) in [5.41, 5.74) is 0.799. The van der Waals surface area contributed by atoms with Crippen molar-refractivity contribution in [2.75, 3.05) is 31.2 Å². The van der Waals surface area contributed by atoms with Gasteiger partial charge in [-0.2, -0.15) is 0 Å². The van der Waals surface area contributed by atoms with Gasteiger partial charge in [0, 0.05) is 29.4 Å². The predicted molar refractivity (Wildman–Crippen MR) is 146 cm³/mol. The number of thiazole rings is 2. The fourth-order valence-corrected chi connectivity index (χ4v) is 5.56. The van der Waals surface area contributed by atoms with Gasteiger partial charge in [0.2, 0.25) is 0 Å². The molecular formula is C24H37BrN4O4S2. The van der Waals surface area contributed by atoms with Gasteiger partial charge in [-0.1, -0.05) is 6.42 Å². The van der Waals surface area contributed by atoms with Gasteiger partial charge >= 0.3 is 11.9 Å². The largest absolute Gasteiger partial charge is 0.461 e. The molecule has 2 aromatic rings. The normalized spacial score (nSPS) is 19.5. The number of esters is 2. The fourth-order valence-electron chi connectivity index (χ4n) is 3.65. The van der Waals surface area contributed by atoms with Gasteiger partial charge in [0.05, 0.1) is 13.2 Å². The van der Waals surface area contributed by atoms with Crippen LogP contribution in [0.3, 0.4) is 0 Å². The van der Waals surface area contributed by atoms with Crippen molar-refractivity contribution in [2.45, 2.75) is 78.3 Å². The number of carbonyl (C=O) groups is 2. The number of carbonyl (C=O) groups excluding carboxylic acids is 2. The fraction of sp³-hybridized carbons (Fsp3) is 0.667. The Kier molecular flexibility index (Phi) is 13.8. The minimum Gasteiger partial charge on any atom is -0.461 e. The van der Waals surface area contributed by atoms with Crippen LogP contribution in [0.2, 0.25) is 0 Å². The average Bonchev–Trinajstić information content (AvgIpc) is 3.51. The Bertz CT molecular complexity index is 902. The van der Waals surface area contributed by atoms with Gasteiger partial charge in [0.15, 0.2) is 20.4 Å². The average molecular weight is 590 g/mol. The van der Waals surface area contributed by atoms with E-state index in [9.17, 15) is 9.59 Å². The number of nitrogens with one attached hydrogen (secondary N) is 1. The highest BCUT2D eigenvalue weighted by atomic mass is 79.9. The molecule has 35 heavy (non-hydrogen) atoms. The lowest BCUT2D eigenvalue weighted by Crippen LogP contribution is -2.37. The van der Waals surface area contributed by atoms with E-state index in [0.29, 0.717) is 34.6 Å². The Hall–Kier alpha value is -1.56. The Morgan fingerprint density at radius 1 is 1.00 bits per heavy atom. The Balaban J connectivity index is 0.000000205. The molecule has 0 radical (unpaired) electrons. The molecule has 0 aromatic carbocycles. The van der Waals surface area contributed by atoms with Gasteiger partial charge in [-0.15, -0.1) is 22.7 Å². The quantitative estimate of drug-likeness (QED) is 0.429. The maximum Gasteiger partial charge on any atom is 0.357 e. The van der Waals surface area contributed by atoms with Crippen LogP contribution in [0.4, 0.5) is 5.13 Å². The minimum atomic E-state index is -0.366. The first kappa shape index (κ1) is 29.7. The van der Waals surface area contributed by atoms with Crippen molar-refractivity contribution in [3.8, 4) is 0 Å². The van der Waals surface area contributed by atoms with Crippen molar-refractivity contribution in [3.63, 3.8) is 0 Å². The Labute approximate surface area is 225 Å². The van der Waals surface area contributed by atoms with Gasteiger partial charge in [0.1, 0.15) is 0 Å². The molecule has 11 heteroatoms. The van der Waals surface area contributed by atoms with Crippen LogP contribution < -0.4 is 10.2 Å². The molecule has 2 atom stereocenters. The van der Waals surface area contributed by atoms with Gasteiger partial charge < -0.3 is 19.7 Å². The third kappa shape index (κ3) is 10.5. The van der Waals surface area contributed by atoms with Crippen molar-refractivity contribution in [1.82, 2.24) is 15.3 Å². The molecule has 2 saturated heterocycles. The Morgan fingerprint density at radius 2 is 1.63 bits per heavy atom. The van der Waals surface area contributed by atoms with E-state index < -0.39 is 0 Å². The van der Waals surface area contributed by atoms with Crippen molar-refractivity contribution in [1.29, 1.82) is 0 Å². The maximum atomic E-state index is 11.5. The predicted octanol–water partition coefficient (Wildman–Crippen LogP) is 5.93. The number of piperidine rings is 2. The molecule has 4 rings (SSSR count). The number of halogens is 1. The van der Waals surface area contributed by atoms with Crippen LogP contribution in [0.15, 0.2) is 14.7 Å². The number of anilines is 1. The second-order valence-electron chi connectivity index (χ2n) is 8.33. The highest BCUT2D eigenvalue weighted by Crippen LogP contribution is 2.27. The van der Waals surface area contributed by atoms with E-state index in [2.05, 4.69) is 50.0 Å². The molecule has 0 spiro atoms. The van der Waals surface area contributed by atoms with E-state index in [4.69, 9.17) is 9.47 Å². The molecule has 2 fully saturated rings. The maximum absolute atomic E-state index is 11.5. The summed E-state index contributed by atoms with van der Waals surface area (Å²) in [5, 5.41) is 7.77. The summed E-state index contributed by atoms with van der Waals surface area (Å²) in [6.07, 6.45) is 7.87. The second-order valence-corrected chi connectivity index (χ2v) is 11.3. The minimum absolute atomic E-state index is 0.320. The molecule has 2 aliphatic heterocycles. The Morgan fingerprint density at radius 3 is 2.11 bits per heavy atom. The number of rotatable bonds is 5. The van der Waals surface area contributed by atoms with Crippen LogP contribution in [0.5, 0.6) is 0 Å². The van der Waals surface area contributed by atoms with Crippen LogP contribution >= 0.6 is 38.6 Å². The third-order valence-electron chi connectivity index (χ3n) is 5.54. The number of aromatic nitrogens is 2. The molecule has 0 amide bonds. The number of nitrogens with zero attached hydrogens (tertiary/aromatic N) is 3. The van der Waals surface area contributed by atoms with Gasteiger partial charge in [0.25, 0.3) is 0 Å². The molecule has 0 bridgehead atoms. The summed E-state index contributed by atoms with van der Waals surface area (Å²) in [5.74, 6) is -0.686. The molecule has 2 unspecified atom stereocenters. The van der Waals surface area contributed by atoms with Crippen LogP contribution in [0, 0.1) is 0 Å². The standard InChI is InChI=1S/C12H18N2O2S.C6H6BrNO2S.C6H13N/c1-3-16-11(15)10-8-17-12(13-10)14-7-5-4-6-9(14)2;1-2-10-5(9)4-3-11-6(7)8-4;1-6-4-2-3-5-7-6/h8-9H,3-7H2,1-2H3;3H,2H2,1H3;6-7H,2-5H2,1H3. The molecule has 1 N–H and O–H groups in total. The van der Waals surface area contributed by atoms with Crippen molar-refractivity contribution >= 4 is 55.7 Å². The second kappa shape index (κ2) is 16.2. The lowest BCUT2D eigenvalue weighted by molar-refractivity contribution is 0.0511. The molecule has 8 nitrogen and oxygen atoms in total. The lowest BCUT2D eigenvalue weighted by Gasteiger charge is -2.32. The number of ether oxygens (including phenoxy) is 2. The van der Waals surface area contributed by atoms with Crippen LogP contribution in [-0.2, 0) is 9.47 Å². The topological polar surface area (TPSA) is 93.7 Å². The highest BCUT2D eigenvalue weighted by molar-refractivity contribution is 9.11. The monoisotopic (exact) mass is 588 g/mol. The van der Waals surface area contributed by atoms with Gasteiger partial charge in [-0.05, 0) is 82.3 Å². The molecular weight excluding hydrogens is 552 g/mol. The van der Waals surface area contributed by atoms with Gasteiger partial charge in [-0.3, -0.25) is 0 Å². The first-order valence-corrected chi connectivity index (χ1v) is 14.8. The summed E-state index contributed by atoms with van der Waals surface area (Å²) in [7, 11) is 0. The summed E-state index contributed by atoms with van der Waals surface area (Å²) in [6, 6.07) is 1.30. The van der Waals surface area contributed by atoms with E-state index in [1.807, 2.05) is 0 Å². The van der Waals surface area contributed by atoms with E-state index in [-0.39, 0.29) is 11.9 Å². The summed E-state index contributed by atoms with van der Waals surface area (Å²) < 4.78 is 10.4. The van der Waals surface area contributed by atoms with E-state index in [1.54, 1.807) is 24.6 Å². The molecule has 2 aliphatic rings. The lowest BCUT2D eigenvalue weighted by atomic mass is 10.1. The number of hydrogen-bond donors (Lipinski definition) is 1. The van der Waals surface area contributed by atoms with E-state index >= 15 is 0 Å². The van der Waals surface area contributed by atoms with Crippen molar-refractivity contribution in [3.05, 3.63) is 26.1 Å². The first-order chi connectivity index (χ1) is 16.8. The smallest absolute Gasteiger partial charge is 0.357 e. The zero-order valence-corrected chi connectivity index (χ0v) is 24.3. The highest BCUT2D eigenvalue weighted by Gasteiger charge is 2.22. The molecule has 4 heterocycles. The van der Waals surface area contributed by atoms with Crippen molar-refractivity contribution in [2.24, 2.45) is 0 Å². The summed E-state index contributed by atoms with van der Waals surface area (Å²) in [4.78, 5) is 33.0. The summed E-state index contributed by atoms with van der Waals surface area (Å²) >= 11 is 6.04. The zero-order valence-electron chi connectivity index (χ0n) is 21.0. The van der Waals surface area contributed by atoms with E-state index in [1.165, 1.54) is 67.7 Å². The zero-order chi connectivity index (χ0) is 25.6. The first-order valence-electron chi connectivity index (χ1n) is 12.3.